The Morgan fingerprint density at radius 2 is 1.94 bits per heavy atom. The van der Waals surface area contributed by atoms with Crippen molar-refractivity contribution in [2.75, 3.05) is 20.1 Å². The number of nitrogens with one attached hydrogen (secondary N) is 1. The maximum Gasteiger partial charge on any atom is 0.222 e. The zero-order valence-electron chi connectivity index (χ0n) is 11.1. The molecule has 0 aromatic heterocycles. The standard InChI is InChI=1S/C14H26N2O/c1-15-13-8-5-9-16(11-13)14(17)10-12-6-3-2-4-7-12/h12-13,15H,2-11H2,1H3. The van der Waals surface area contributed by atoms with Crippen molar-refractivity contribution < 1.29 is 4.79 Å². The molecule has 1 saturated carbocycles. The molecule has 1 aliphatic carbocycles. The van der Waals surface area contributed by atoms with Crippen LogP contribution in [0.2, 0.25) is 0 Å². The lowest BCUT2D eigenvalue weighted by Crippen LogP contribution is -2.47. The lowest BCUT2D eigenvalue weighted by atomic mass is 9.86. The van der Waals surface area contributed by atoms with E-state index in [1.165, 1.54) is 38.5 Å². The lowest BCUT2D eigenvalue weighted by Gasteiger charge is -2.34. The van der Waals surface area contributed by atoms with Gasteiger partial charge >= 0.3 is 0 Å². The third-order valence-corrected chi connectivity index (χ3v) is 4.37. The van der Waals surface area contributed by atoms with Gasteiger partial charge in [-0.1, -0.05) is 19.3 Å². The van der Waals surface area contributed by atoms with Crippen LogP contribution < -0.4 is 5.32 Å². The summed E-state index contributed by atoms with van der Waals surface area (Å²) >= 11 is 0. The highest BCUT2D eigenvalue weighted by Gasteiger charge is 2.25. The Labute approximate surface area is 105 Å². The normalized spacial score (nSPS) is 27.1. The molecule has 1 N–H and O–H groups in total. The van der Waals surface area contributed by atoms with Gasteiger partial charge in [0.05, 0.1) is 0 Å². The summed E-state index contributed by atoms with van der Waals surface area (Å²) in [6.45, 7) is 1.89. The number of carbonyl (C=O) groups excluding carboxylic acids is 1. The van der Waals surface area contributed by atoms with Crippen molar-refractivity contribution in [1.82, 2.24) is 10.2 Å². The van der Waals surface area contributed by atoms with Crippen LogP contribution in [0.3, 0.4) is 0 Å². The number of likely N-dealkylation sites (tertiary alicyclic amines) is 1. The first-order valence-electron chi connectivity index (χ1n) is 7.24. The number of amides is 1. The second-order valence-corrected chi connectivity index (χ2v) is 5.68. The topological polar surface area (TPSA) is 32.3 Å². The highest BCUT2D eigenvalue weighted by atomic mass is 16.2. The van der Waals surface area contributed by atoms with Crippen LogP contribution in [-0.4, -0.2) is 37.0 Å². The molecular weight excluding hydrogens is 212 g/mol. The van der Waals surface area contributed by atoms with E-state index < -0.39 is 0 Å². The van der Waals surface area contributed by atoms with E-state index in [2.05, 4.69) is 10.2 Å². The van der Waals surface area contributed by atoms with Gasteiger partial charge in [0.1, 0.15) is 0 Å². The average Bonchev–Trinajstić information content (AvgIpc) is 2.40. The Morgan fingerprint density at radius 1 is 1.18 bits per heavy atom. The molecule has 1 heterocycles. The van der Waals surface area contributed by atoms with Crippen molar-refractivity contribution in [2.24, 2.45) is 5.92 Å². The summed E-state index contributed by atoms with van der Waals surface area (Å²) in [5.41, 5.74) is 0. The van der Waals surface area contributed by atoms with Gasteiger partial charge in [-0.3, -0.25) is 4.79 Å². The molecule has 2 aliphatic rings. The maximum atomic E-state index is 12.2. The number of piperidine rings is 1. The van der Waals surface area contributed by atoms with Crippen LogP contribution in [0.25, 0.3) is 0 Å². The van der Waals surface area contributed by atoms with Crippen molar-refractivity contribution in [2.45, 2.75) is 57.4 Å². The molecule has 1 unspecified atom stereocenters. The minimum absolute atomic E-state index is 0.400. The predicted molar refractivity (Wildman–Crippen MR) is 69.9 cm³/mol. The second kappa shape index (κ2) is 6.39. The molecule has 17 heavy (non-hydrogen) atoms. The summed E-state index contributed by atoms with van der Waals surface area (Å²) in [7, 11) is 2.00. The van der Waals surface area contributed by atoms with E-state index in [-0.39, 0.29) is 0 Å². The third-order valence-electron chi connectivity index (χ3n) is 4.37. The zero-order chi connectivity index (χ0) is 12.1. The van der Waals surface area contributed by atoms with Gasteiger partial charge in [0.2, 0.25) is 5.91 Å². The first-order valence-corrected chi connectivity index (χ1v) is 7.24. The number of hydrogen-bond donors (Lipinski definition) is 1. The Balaban J connectivity index is 1.78. The molecule has 2 rings (SSSR count). The smallest absolute Gasteiger partial charge is 0.222 e. The summed E-state index contributed by atoms with van der Waals surface area (Å²) in [4.78, 5) is 14.3. The summed E-state index contributed by atoms with van der Waals surface area (Å²) in [6.07, 6.45) is 9.75. The molecule has 98 valence electrons. The predicted octanol–water partition coefficient (Wildman–Crippen LogP) is 2.17. The van der Waals surface area contributed by atoms with E-state index in [0.717, 1.165) is 25.9 Å². The van der Waals surface area contributed by atoms with E-state index in [1.54, 1.807) is 0 Å². The first-order chi connectivity index (χ1) is 8.29. The summed E-state index contributed by atoms with van der Waals surface area (Å²) in [5.74, 6) is 1.07. The summed E-state index contributed by atoms with van der Waals surface area (Å²) in [5, 5.41) is 3.30. The molecule has 0 spiro atoms. The number of nitrogens with zero attached hydrogens (tertiary/aromatic N) is 1. The SMILES string of the molecule is CNC1CCCN(C(=O)CC2CCCCC2)C1. The monoisotopic (exact) mass is 238 g/mol. The van der Waals surface area contributed by atoms with Gasteiger partial charge in [0.15, 0.2) is 0 Å². The molecule has 0 aromatic carbocycles. The Morgan fingerprint density at radius 3 is 2.65 bits per heavy atom. The summed E-state index contributed by atoms with van der Waals surface area (Å²) < 4.78 is 0. The second-order valence-electron chi connectivity index (χ2n) is 5.68. The van der Waals surface area contributed by atoms with Gasteiger partial charge in [0, 0.05) is 25.6 Å². The van der Waals surface area contributed by atoms with Crippen LogP contribution in [-0.2, 0) is 4.79 Å². The van der Waals surface area contributed by atoms with E-state index in [4.69, 9.17) is 0 Å². The van der Waals surface area contributed by atoms with Crippen LogP contribution >= 0.6 is 0 Å². The van der Waals surface area contributed by atoms with Crippen LogP contribution in [0.5, 0.6) is 0 Å². The molecule has 0 aromatic rings. The van der Waals surface area contributed by atoms with Crippen LogP contribution in [0.15, 0.2) is 0 Å². The zero-order valence-corrected chi connectivity index (χ0v) is 11.1. The maximum absolute atomic E-state index is 12.2. The lowest BCUT2D eigenvalue weighted by molar-refractivity contribution is -0.133. The Hall–Kier alpha value is -0.570. The van der Waals surface area contributed by atoms with E-state index >= 15 is 0 Å². The number of likely N-dealkylation sites (N-methyl/N-ethyl adjacent to an activating group) is 1. The minimum Gasteiger partial charge on any atom is -0.341 e. The molecule has 1 atom stereocenters. The highest BCUT2D eigenvalue weighted by Crippen LogP contribution is 2.27. The molecule has 2 fully saturated rings. The van der Waals surface area contributed by atoms with Gasteiger partial charge in [0.25, 0.3) is 0 Å². The Bertz CT molecular complexity index is 249. The van der Waals surface area contributed by atoms with Crippen molar-refractivity contribution in [3.63, 3.8) is 0 Å². The van der Waals surface area contributed by atoms with Gasteiger partial charge in [-0.25, -0.2) is 0 Å². The number of rotatable bonds is 3. The molecule has 0 radical (unpaired) electrons. The Kier molecular flexibility index (Phi) is 4.84. The van der Waals surface area contributed by atoms with Crippen molar-refractivity contribution in [3.8, 4) is 0 Å². The van der Waals surface area contributed by atoms with E-state index in [1.807, 2.05) is 7.05 Å². The van der Waals surface area contributed by atoms with E-state index in [0.29, 0.717) is 17.9 Å². The fourth-order valence-electron chi connectivity index (χ4n) is 3.21. The van der Waals surface area contributed by atoms with E-state index in [9.17, 15) is 4.79 Å². The largest absolute Gasteiger partial charge is 0.341 e. The van der Waals surface area contributed by atoms with Crippen LogP contribution in [0.1, 0.15) is 51.4 Å². The van der Waals surface area contributed by atoms with Gasteiger partial charge in [-0.2, -0.15) is 0 Å². The number of carbonyl (C=O) groups is 1. The molecule has 3 nitrogen and oxygen atoms in total. The van der Waals surface area contributed by atoms with Crippen molar-refractivity contribution in [3.05, 3.63) is 0 Å². The molecule has 1 saturated heterocycles. The fourth-order valence-corrected chi connectivity index (χ4v) is 3.21. The molecule has 0 bridgehead atoms. The fraction of sp³-hybridized carbons (Fsp3) is 0.929. The highest BCUT2D eigenvalue weighted by molar-refractivity contribution is 5.76. The summed E-state index contributed by atoms with van der Waals surface area (Å²) in [6, 6.07) is 0.513. The third kappa shape index (κ3) is 3.70. The molecule has 1 amide bonds. The average molecular weight is 238 g/mol. The van der Waals surface area contributed by atoms with Gasteiger partial charge in [-0.05, 0) is 38.6 Å². The number of hydrogen-bond acceptors (Lipinski definition) is 2. The van der Waals surface area contributed by atoms with Crippen LogP contribution in [0.4, 0.5) is 0 Å². The first kappa shape index (κ1) is 12.9. The van der Waals surface area contributed by atoms with Crippen molar-refractivity contribution in [1.29, 1.82) is 0 Å². The quantitative estimate of drug-likeness (QED) is 0.817. The molecular formula is C14H26N2O. The minimum atomic E-state index is 0.400. The van der Waals surface area contributed by atoms with Crippen LogP contribution in [0, 0.1) is 5.92 Å². The molecule has 3 heteroatoms. The van der Waals surface area contributed by atoms with Gasteiger partial charge in [-0.15, -0.1) is 0 Å². The van der Waals surface area contributed by atoms with Gasteiger partial charge < -0.3 is 10.2 Å². The molecule has 1 aliphatic heterocycles. The van der Waals surface area contributed by atoms with Crippen molar-refractivity contribution >= 4 is 5.91 Å².